The quantitative estimate of drug-likeness (QED) is 0.922. The number of alkyl halides is 1. The van der Waals surface area contributed by atoms with Crippen molar-refractivity contribution in [3.63, 3.8) is 0 Å². The maximum Gasteiger partial charge on any atom is 0.240 e. The summed E-state index contributed by atoms with van der Waals surface area (Å²) in [7, 11) is -2.10. The fourth-order valence-electron chi connectivity index (χ4n) is 1.82. The van der Waals surface area contributed by atoms with Crippen LogP contribution in [0.5, 0.6) is 5.75 Å². The monoisotopic (exact) mass is 295 g/mol. The van der Waals surface area contributed by atoms with Crippen LogP contribution in [0.25, 0.3) is 11.1 Å². The van der Waals surface area contributed by atoms with Gasteiger partial charge >= 0.3 is 0 Å². The maximum atomic E-state index is 12.3. The van der Waals surface area contributed by atoms with Crippen molar-refractivity contribution >= 4 is 10.0 Å². The van der Waals surface area contributed by atoms with Crippen molar-refractivity contribution in [1.29, 1.82) is 0 Å². The van der Waals surface area contributed by atoms with Crippen LogP contribution in [0, 0.1) is 0 Å². The Bertz CT molecular complexity index is 684. The number of rotatable bonds is 5. The lowest BCUT2D eigenvalue weighted by atomic mass is 10.1. The van der Waals surface area contributed by atoms with Crippen LogP contribution < -0.4 is 9.46 Å². The van der Waals surface area contributed by atoms with Crippen LogP contribution in [0.1, 0.15) is 0 Å². The van der Waals surface area contributed by atoms with Gasteiger partial charge in [-0.05, 0) is 30.8 Å². The molecule has 2 aromatic carbocycles. The Morgan fingerprint density at radius 1 is 1.10 bits per heavy atom. The normalized spacial score (nSPS) is 11.3. The molecule has 0 aliphatic heterocycles. The maximum absolute atomic E-state index is 12.3. The molecule has 20 heavy (non-hydrogen) atoms. The Morgan fingerprint density at radius 2 is 1.75 bits per heavy atom. The van der Waals surface area contributed by atoms with Gasteiger partial charge in [-0.25, -0.2) is 17.5 Å². The van der Waals surface area contributed by atoms with E-state index in [2.05, 4.69) is 4.72 Å². The Morgan fingerprint density at radius 3 is 2.35 bits per heavy atom. The number of halogens is 1. The molecular formula is C14H14FNO3S. The largest absolute Gasteiger partial charge is 0.462 e. The molecule has 0 fully saturated rings. The van der Waals surface area contributed by atoms with Gasteiger partial charge < -0.3 is 4.74 Å². The van der Waals surface area contributed by atoms with Crippen molar-refractivity contribution in [2.45, 2.75) is 4.90 Å². The van der Waals surface area contributed by atoms with Gasteiger partial charge in [0.25, 0.3) is 0 Å². The van der Waals surface area contributed by atoms with E-state index in [1.807, 2.05) is 0 Å². The van der Waals surface area contributed by atoms with E-state index in [0.29, 0.717) is 11.3 Å². The molecule has 2 rings (SSSR count). The average molecular weight is 295 g/mol. The highest BCUT2D eigenvalue weighted by Crippen LogP contribution is 2.30. The summed E-state index contributed by atoms with van der Waals surface area (Å²) in [6.07, 6.45) is 0. The predicted octanol–water partition coefficient (Wildman–Crippen LogP) is 2.57. The van der Waals surface area contributed by atoms with Crippen molar-refractivity contribution in [3.8, 4) is 16.9 Å². The summed E-state index contributed by atoms with van der Waals surface area (Å²) >= 11 is 0. The standard InChI is InChI=1S/C14H14FNO3S/c1-16-20(17,18)12-8-6-11(7-9-12)13-4-2-3-5-14(13)19-10-15/h2-9,16H,10H2,1H3. The summed E-state index contributed by atoms with van der Waals surface area (Å²) in [5.41, 5.74) is 1.46. The second kappa shape index (κ2) is 6.02. The van der Waals surface area contributed by atoms with Crippen LogP contribution in [0.2, 0.25) is 0 Å². The highest BCUT2D eigenvalue weighted by molar-refractivity contribution is 7.89. The van der Waals surface area contributed by atoms with Crippen LogP contribution in [0.4, 0.5) is 4.39 Å². The SMILES string of the molecule is CNS(=O)(=O)c1ccc(-c2ccccc2OCF)cc1. The lowest BCUT2D eigenvalue weighted by Gasteiger charge is -2.09. The van der Waals surface area contributed by atoms with Gasteiger partial charge in [0.15, 0.2) is 0 Å². The van der Waals surface area contributed by atoms with Crippen molar-refractivity contribution < 1.29 is 17.5 Å². The third-order valence-electron chi connectivity index (χ3n) is 2.84. The van der Waals surface area contributed by atoms with Crippen molar-refractivity contribution in [2.24, 2.45) is 0 Å². The van der Waals surface area contributed by atoms with Gasteiger partial charge in [0.1, 0.15) is 5.75 Å². The van der Waals surface area contributed by atoms with Gasteiger partial charge in [-0.3, -0.25) is 0 Å². The van der Waals surface area contributed by atoms with Gasteiger partial charge in [0.05, 0.1) is 4.90 Å². The Labute approximate surface area is 117 Å². The Balaban J connectivity index is 2.41. The van der Waals surface area contributed by atoms with Gasteiger partial charge in [0.2, 0.25) is 16.9 Å². The lowest BCUT2D eigenvalue weighted by molar-refractivity contribution is 0.192. The van der Waals surface area contributed by atoms with E-state index in [-0.39, 0.29) is 4.90 Å². The first kappa shape index (κ1) is 14.5. The highest BCUT2D eigenvalue weighted by Gasteiger charge is 2.12. The van der Waals surface area contributed by atoms with Crippen LogP contribution in [0.3, 0.4) is 0 Å². The fraction of sp³-hybridized carbons (Fsp3) is 0.143. The molecular weight excluding hydrogens is 281 g/mol. The van der Waals surface area contributed by atoms with Gasteiger partial charge in [-0.1, -0.05) is 30.3 Å². The molecule has 106 valence electrons. The molecule has 0 heterocycles. The molecule has 0 saturated carbocycles. The summed E-state index contributed by atoms with van der Waals surface area (Å²) in [5.74, 6) is 0.416. The summed E-state index contributed by atoms with van der Waals surface area (Å²) in [6, 6.07) is 13.3. The lowest BCUT2D eigenvalue weighted by Crippen LogP contribution is -2.18. The Hall–Kier alpha value is -1.92. The molecule has 0 saturated heterocycles. The highest BCUT2D eigenvalue weighted by atomic mass is 32.2. The van der Waals surface area contributed by atoms with Crippen molar-refractivity contribution in [3.05, 3.63) is 48.5 Å². The van der Waals surface area contributed by atoms with E-state index in [0.717, 1.165) is 5.56 Å². The molecule has 2 aromatic rings. The predicted molar refractivity (Wildman–Crippen MR) is 74.7 cm³/mol. The Kier molecular flexibility index (Phi) is 4.36. The second-order valence-electron chi connectivity index (χ2n) is 3.98. The molecule has 0 bridgehead atoms. The van der Waals surface area contributed by atoms with E-state index < -0.39 is 16.9 Å². The molecule has 0 aromatic heterocycles. The zero-order valence-electron chi connectivity index (χ0n) is 10.8. The van der Waals surface area contributed by atoms with E-state index in [9.17, 15) is 12.8 Å². The van der Waals surface area contributed by atoms with Crippen molar-refractivity contribution in [1.82, 2.24) is 4.72 Å². The summed E-state index contributed by atoms with van der Waals surface area (Å²) < 4.78 is 42.8. The van der Waals surface area contributed by atoms with Crippen LogP contribution in [0.15, 0.2) is 53.4 Å². The fourth-order valence-corrected chi connectivity index (χ4v) is 2.55. The first-order chi connectivity index (χ1) is 9.58. The van der Waals surface area contributed by atoms with E-state index >= 15 is 0 Å². The topological polar surface area (TPSA) is 55.4 Å². The number of para-hydroxylation sites is 1. The number of nitrogens with one attached hydrogen (secondary N) is 1. The number of ether oxygens (including phenoxy) is 1. The van der Waals surface area contributed by atoms with Gasteiger partial charge in [-0.2, -0.15) is 0 Å². The van der Waals surface area contributed by atoms with E-state index in [1.54, 1.807) is 36.4 Å². The van der Waals surface area contributed by atoms with Crippen LogP contribution in [-0.4, -0.2) is 22.3 Å². The molecule has 0 atom stereocenters. The molecule has 0 amide bonds. The van der Waals surface area contributed by atoms with Gasteiger partial charge in [-0.15, -0.1) is 0 Å². The average Bonchev–Trinajstić information content (AvgIpc) is 2.48. The number of hydrogen-bond donors (Lipinski definition) is 1. The summed E-state index contributed by atoms with van der Waals surface area (Å²) in [4.78, 5) is 0.174. The minimum atomic E-state index is -3.46. The molecule has 0 aliphatic carbocycles. The molecule has 1 N–H and O–H groups in total. The number of hydrogen-bond acceptors (Lipinski definition) is 3. The van der Waals surface area contributed by atoms with Crippen LogP contribution in [-0.2, 0) is 10.0 Å². The summed E-state index contributed by atoms with van der Waals surface area (Å²) in [6.45, 7) is -0.913. The first-order valence-electron chi connectivity index (χ1n) is 5.90. The molecule has 6 heteroatoms. The third-order valence-corrected chi connectivity index (χ3v) is 4.27. The van der Waals surface area contributed by atoms with Crippen molar-refractivity contribution in [2.75, 3.05) is 13.9 Å². The third kappa shape index (κ3) is 2.97. The smallest absolute Gasteiger partial charge is 0.240 e. The molecule has 0 unspecified atom stereocenters. The van der Waals surface area contributed by atoms with Crippen LogP contribution >= 0.6 is 0 Å². The minimum Gasteiger partial charge on any atom is -0.462 e. The van der Waals surface area contributed by atoms with E-state index in [4.69, 9.17) is 4.74 Å². The minimum absolute atomic E-state index is 0.174. The molecule has 0 spiro atoms. The number of benzene rings is 2. The molecule has 0 aliphatic rings. The van der Waals surface area contributed by atoms with Gasteiger partial charge in [0, 0.05) is 5.56 Å². The molecule has 0 radical (unpaired) electrons. The zero-order valence-corrected chi connectivity index (χ0v) is 11.7. The number of sulfonamides is 1. The second-order valence-corrected chi connectivity index (χ2v) is 5.87. The van der Waals surface area contributed by atoms with E-state index in [1.165, 1.54) is 19.2 Å². The zero-order chi connectivity index (χ0) is 14.6. The summed E-state index contributed by atoms with van der Waals surface area (Å²) in [5, 5.41) is 0. The first-order valence-corrected chi connectivity index (χ1v) is 7.38. The molecule has 4 nitrogen and oxygen atoms in total.